The SMILES string of the molecule is CC(O)c1cc(Br)ccc1Oc1cc(Br)cc(F)c1F. The largest absolute Gasteiger partial charge is 0.454 e. The summed E-state index contributed by atoms with van der Waals surface area (Å²) in [6, 6.07) is 7.26. The van der Waals surface area contributed by atoms with E-state index in [9.17, 15) is 13.9 Å². The first-order valence-corrected chi connectivity index (χ1v) is 7.27. The molecule has 106 valence electrons. The Morgan fingerprint density at radius 1 is 1.05 bits per heavy atom. The molecule has 2 nitrogen and oxygen atoms in total. The summed E-state index contributed by atoms with van der Waals surface area (Å²) in [7, 11) is 0. The van der Waals surface area contributed by atoms with Crippen LogP contribution >= 0.6 is 31.9 Å². The Bertz CT molecular complexity index is 645. The molecule has 0 fully saturated rings. The molecule has 0 aromatic heterocycles. The third-order valence-electron chi connectivity index (χ3n) is 2.60. The van der Waals surface area contributed by atoms with Crippen molar-refractivity contribution in [2.45, 2.75) is 13.0 Å². The molecule has 0 aliphatic rings. The van der Waals surface area contributed by atoms with E-state index in [1.807, 2.05) is 0 Å². The fraction of sp³-hybridized carbons (Fsp3) is 0.143. The smallest absolute Gasteiger partial charge is 0.201 e. The second-order valence-corrected chi connectivity index (χ2v) is 5.99. The number of aliphatic hydroxyl groups excluding tert-OH is 1. The lowest BCUT2D eigenvalue weighted by Gasteiger charge is -2.14. The van der Waals surface area contributed by atoms with Crippen molar-refractivity contribution in [2.24, 2.45) is 0 Å². The van der Waals surface area contributed by atoms with Crippen LogP contribution in [0.4, 0.5) is 8.78 Å². The predicted octanol–water partition coefficient (Wildman–Crippen LogP) is 5.34. The van der Waals surface area contributed by atoms with E-state index in [1.165, 1.54) is 6.07 Å². The molecule has 2 aromatic rings. The van der Waals surface area contributed by atoms with E-state index >= 15 is 0 Å². The van der Waals surface area contributed by atoms with Gasteiger partial charge in [0.1, 0.15) is 5.75 Å². The molecule has 1 N–H and O–H groups in total. The molecule has 6 heteroatoms. The highest BCUT2D eigenvalue weighted by molar-refractivity contribution is 9.10. The Hall–Kier alpha value is -0.980. The zero-order valence-corrected chi connectivity index (χ0v) is 13.5. The van der Waals surface area contributed by atoms with Gasteiger partial charge in [0.15, 0.2) is 11.6 Å². The first-order chi connectivity index (χ1) is 9.38. The quantitative estimate of drug-likeness (QED) is 0.696. The zero-order chi connectivity index (χ0) is 14.9. The van der Waals surface area contributed by atoms with E-state index in [1.54, 1.807) is 25.1 Å². The Labute approximate surface area is 131 Å². The maximum absolute atomic E-state index is 13.7. The van der Waals surface area contributed by atoms with E-state index in [0.717, 1.165) is 10.5 Å². The number of benzene rings is 2. The minimum Gasteiger partial charge on any atom is -0.454 e. The van der Waals surface area contributed by atoms with Crippen LogP contribution < -0.4 is 4.74 Å². The van der Waals surface area contributed by atoms with Crippen molar-refractivity contribution in [1.29, 1.82) is 0 Å². The third kappa shape index (κ3) is 3.37. The van der Waals surface area contributed by atoms with Crippen LogP contribution in [0.15, 0.2) is 39.3 Å². The molecule has 0 saturated heterocycles. The monoisotopic (exact) mass is 406 g/mol. The summed E-state index contributed by atoms with van der Waals surface area (Å²) >= 11 is 6.36. The molecule has 0 amide bonds. The fourth-order valence-electron chi connectivity index (χ4n) is 1.66. The molecular formula is C14H10Br2F2O2. The predicted molar refractivity (Wildman–Crippen MR) is 78.9 cm³/mol. The summed E-state index contributed by atoms with van der Waals surface area (Å²) in [6.07, 6.45) is -0.803. The fourth-order valence-corrected chi connectivity index (χ4v) is 2.45. The normalized spacial score (nSPS) is 12.3. The molecule has 1 atom stereocenters. The summed E-state index contributed by atoms with van der Waals surface area (Å²) in [4.78, 5) is 0. The van der Waals surface area contributed by atoms with Crippen LogP contribution in [-0.4, -0.2) is 5.11 Å². The van der Waals surface area contributed by atoms with Gasteiger partial charge in [-0.2, -0.15) is 4.39 Å². The van der Waals surface area contributed by atoms with Crippen molar-refractivity contribution < 1.29 is 18.6 Å². The maximum atomic E-state index is 13.7. The van der Waals surface area contributed by atoms with Gasteiger partial charge in [-0.25, -0.2) is 4.39 Å². The Balaban J connectivity index is 2.45. The van der Waals surface area contributed by atoms with Gasteiger partial charge in [-0.05, 0) is 37.3 Å². The van der Waals surface area contributed by atoms with Crippen molar-refractivity contribution in [3.63, 3.8) is 0 Å². The lowest BCUT2D eigenvalue weighted by Crippen LogP contribution is -1.98. The van der Waals surface area contributed by atoms with Crippen molar-refractivity contribution in [2.75, 3.05) is 0 Å². The summed E-state index contributed by atoms with van der Waals surface area (Å²) in [6.45, 7) is 1.56. The molecule has 20 heavy (non-hydrogen) atoms. The third-order valence-corrected chi connectivity index (χ3v) is 3.55. The van der Waals surface area contributed by atoms with Crippen LogP contribution in [0, 0.1) is 11.6 Å². The van der Waals surface area contributed by atoms with Crippen molar-refractivity contribution in [1.82, 2.24) is 0 Å². The van der Waals surface area contributed by atoms with Crippen LogP contribution in [0.3, 0.4) is 0 Å². The van der Waals surface area contributed by atoms with Gasteiger partial charge in [-0.1, -0.05) is 31.9 Å². The molecular weight excluding hydrogens is 398 g/mol. The summed E-state index contributed by atoms with van der Waals surface area (Å²) in [5, 5.41) is 9.71. The highest BCUT2D eigenvalue weighted by atomic mass is 79.9. The second kappa shape index (κ2) is 6.20. The molecule has 0 aliphatic heterocycles. The standard InChI is InChI=1S/C14H10Br2F2O2/c1-7(19)10-4-8(15)2-3-12(10)20-13-6-9(16)5-11(17)14(13)18/h2-7,19H,1H3. The molecule has 2 aromatic carbocycles. The molecule has 0 radical (unpaired) electrons. The van der Waals surface area contributed by atoms with Crippen molar-refractivity contribution >= 4 is 31.9 Å². The van der Waals surface area contributed by atoms with E-state index in [4.69, 9.17) is 4.74 Å². The Kier molecular flexibility index (Phi) is 4.78. The van der Waals surface area contributed by atoms with E-state index in [-0.39, 0.29) is 11.5 Å². The van der Waals surface area contributed by atoms with E-state index in [0.29, 0.717) is 10.0 Å². The average molecular weight is 408 g/mol. The van der Waals surface area contributed by atoms with Crippen LogP contribution in [0.2, 0.25) is 0 Å². The molecule has 0 spiro atoms. The molecule has 0 heterocycles. The van der Waals surface area contributed by atoms with Crippen LogP contribution in [0.5, 0.6) is 11.5 Å². The first-order valence-electron chi connectivity index (χ1n) is 5.68. The summed E-state index contributed by atoms with van der Waals surface area (Å²) < 4.78 is 33.5. The highest BCUT2D eigenvalue weighted by Crippen LogP contribution is 2.34. The first kappa shape index (κ1) is 15.4. The number of hydrogen-bond donors (Lipinski definition) is 1. The molecule has 1 unspecified atom stereocenters. The summed E-state index contributed by atoms with van der Waals surface area (Å²) in [5.41, 5.74) is 0.471. The van der Waals surface area contributed by atoms with Crippen LogP contribution in [0.1, 0.15) is 18.6 Å². The van der Waals surface area contributed by atoms with Gasteiger partial charge in [-0.15, -0.1) is 0 Å². The molecule has 0 saturated carbocycles. The molecule has 2 rings (SSSR count). The molecule has 0 aliphatic carbocycles. The number of halogens is 4. The van der Waals surface area contributed by atoms with Gasteiger partial charge in [0.25, 0.3) is 0 Å². The van der Waals surface area contributed by atoms with E-state index in [2.05, 4.69) is 31.9 Å². The maximum Gasteiger partial charge on any atom is 0.201 e. The van der Waals surface area contributed by atoms with Crippen LogP contribution in [0.25, 0.3) is 0 Å². The zero-order valence-electron chi connectivity index (χ0n) is 10.3. The Morgan fingerprint density at radius 3 is 2.40 bits per heavy atom. The highest BCUT2D eigenvalue weighted by Gasteiger charge is 2.16. The summed E-state index contributed by atoms with van der Waals surface area (Å²) in [5.74, 6) is -2.07. The Morgan fingerprint density at radius 2 is 1.75 bits per heavy atom. The van der Waals surface area contributed by atoms with Gasteiger partial charge >= 0.3 is 0 Å². The minimum atomic E-state index is -1.08. The van der Waals surface area contributed by atoms with Gasteiger partial charge in [0.05, 0.1) is 6.10 Å². The van der Waals surface area contributed by atoms with Crippen LogP contribution in [-0.2, 0) is 0 Å². The number of ether oxygens (including phenoxy) is 1. The average Bonchev–Trinajstić information content (AvgIpc) is 2.37. The lowest BCUT2D eigenvalue weighted by molar-refractivity contribution is 0.195. The molecule has 0 bridgehead atoms. The van der Waals surface area contributed by atoms with Gasteiger partial charge in [0.2, 0.25) is 5.82 Å². The van der Waals surface area contributed by atoms with E-state index < -0.39 is 17.7 Å². The number of aliphatic hydroxyl groups is 1. The lowest BCUT2D eigenvalue weighted by atomic mass is 10.1. The number of rotatable bonds is 3. The van der Waals surface area contributed by atoms with Crippen molar-refractivity contribution in [3.05, 3.63) is 56.5 Å². The minimum absolute atomic E-state index is 0.249. The topological polar surface area (TPSA) is 29.5 Å². The van der Waals surface area contributed by atoms with Gasteiger partial charge in [-0.3, -0.25) is 0 Å². The second-order valence-electron chi connectivity index (χ2n) is 4.16. The van der Waals surface area contributed by atoms with Crippen molar-refractivity contribution in [3.8, 4) is 11.5 Å². The number of hydrogen-bond acceptors (Lipinski definition) is 2. The van der Waals surface area contributed by atoms with Gasteiger partial charge < -0.3 is 9.84 Å². The van der Waals surface area contributed by atoms with Gasteiger partial charge in [0, 0.05) is 14.5 Å².